The fraction of sp³-hybridized carbons (Fsp3) is 0.778. The molecule has 126 valence electrons. The predicted octanol–water partition coefficient (Wildman–Crippen LogP) is 1.81. The number of ether oxygens (including phenoxy) is 1. The highest BCUT2D eigenvalue weighted by molar-refractivity contribution is 5.86. The highest BCUT2D eigenvalue weighted by Crippen LogP contribution is 2.40. The number of carbonyl (C=O) groups is 1. The lowest BCUT2D eigenvalue weighted by Crippen LogP contribution is -2.52. The summed E-state index contributed by atoms with van der Waals surface area (Å²) in [4.78, 5) is 17.2. The molecule has 23 heavy (non-hydrogen) atoms. The van der Waals surface area contributed by atoms with Crippen LogP contribution in [0.15, 0.2) is 12.7 Å². The molecule has 0 aromatic heterocycles. The molecule has 1 saturated carbocycles. The number of fused-ring (bicyclic) bond motifs is 1. The van der Waals surface area contributed by atoms with Gasteiger partial charge in [-0.25, -0.2) is 0 Å². The molecule has 3 aliphatic rings. The van der Waals surface area contributed by atoms with Gasteiger partial charge in [0.15, 0.2) is 0 Å². The van der Waals surface area contributed by atoms with Gasteiger partial charge in [0.05, 0.1) is 18.8 Å². The van der Waals surface area contributed by atoms with Crippen molar-refractivity contribution in [3.8, 4) is 6.07 Å². The molecule has 0 spiro atoms. The number of nitriles is 1. The first-order chi connectivity index (χ1) is 11.2. The molecule has 1 aliphatic carbocycles. The van der Waals surface area contributed by atoms with Gasteiger partial charge in [-0.05, 0) is 19.3 Å². The van der Waals surface area contributed by atoms with Gasteiger partial charge in [-0.2, -0.15) is 5.26 Å². The third-order valence-corrected chi connectivity index (χ3v) is 5.68. The standard InChI is InChI=1S/C18H27N3O2/c1-2-8-20-10-11-23-16-13-21(9-5-15(16)12-20)17(22)18(14-19)6-3-4-7-18/h2,15-16H,1,3-13H2. The third-order valence-electron chi connectivity index (χ3n) is 5.68. The summed E-state index contributed by atoms with van der Waals surface area (Å²) in [5.41, 5.74) is -0.757. The van der Waals surface area contributed by atoms with E-state index in [1.54, 1.807) is 0 Å². The summed E-state index contributed by atoms with van der Waals surface area (Å²) in [7, 11) is 0. The molecule has 2 atom stereocenters. The lowest BCUT2D eigenvalue weighted by Gasteiger charge is -2.40. The molecular formula is C18H27N3O2. The normalized spacial score (nSPS) is 31.0. The number of hydrogen-bond donors (Lipinski definition) is 0. The lowest BCUT2D eigenvalue weighted by atomic mass is 9.84. The lowest BCUT2D eigenvalue weighted by molar-refractivity contribution is -0.144. The predicted molar refractivity (Wildman–Crippen MR) is 87.6 cm³/mol. The van der Waals surface area contributed by atoms with Crippen molar-refractivity contribution in [1.29, 1.82) is 5.26 Å². The van der Waals surface area contributed by atoms with Crippen LogP contribution >= 0.6 is 0 Å². The van der Waals surface area contributed by atoms with E-state index in [9.17, 15) is 10.1 Å². The molecule has 0 aromatic rings. The van der Waals surface area contributed by atoms with Gasteiger partial charge in [0.25, 0.3) is 0 Å². The summed E-state index contributed by atoms with van der Waals surface area (Å²) in [5.74, 6) is 0.523. The van der Waals surface area contributed by atoms with Crippen molar-refractivity contribution >= 4 is 5.91 Å². The maximum atomic E-state index is 12.9. The van der Waals surface area contributed by atoms with Crippen LogP contribution in [0.2, 0.25) is 0 Å². The second-order valence-electron chi connectivity index (χ2n) is 7.16. The Labute approximate surface area is 138 Å². The highest BCUT2D eigenvalue weighted by atomic mass is 16.5. The molecular weight excluding hydrogens is 290 g/mol. The molecule has 2 unspecified atom stereocenters. The monoisotopic (exact) mass is 317 g/mol. The Morgan fingerprint density at radius 1 is 1.35 bits per heavy atom. The molecule has 5 heteroatoms. The van der Waals surface area contributed by atoms with E-state index < -0.39 is 5.41 Å². The smallest absolute Gasteiger partial charge is 0.243 e. The number of piperidine rings is 1. The minimum absolute atomic E-state index is 0.0479. The van der Waals surface area contributed by atoms with Crippen LogP contribution in [0.25, 0.3) is 0 Å². The van der Waals surface area contributed by atoms with Gasteiger partial charge in [-0.15, -0.1) is 6.58 Å². The Morgan fingerprint density at radius 2 is 2.13 bits per heavy atom. The summed E-state index contributed by atoms with van der Waals surface area (Å²) in [5, 5.41) is 9.54. The van der Waals surface area contributed by atoms with E-state index in [4.69, 9.17) is 4.74 Å². The molecule has 0 bridgehead atoms. The Balaban J connectivity index is 1.65. The van der Waals surface area contributed by atoms with Gasteiger partial charge < -0.3 is 9.64 Å². The molecule has 0 N–H and O–H groups in total. The largest absolute Gasteiger partial charge is 0.375 e. The van der Waals surface area contributed by atoms with Crippen LogP contribution in [0.4, 0.5) is 0 Å². The summed E-state index contributed by atoms with van der Waals surface area (Å²) in [6.07, 6.45) is 6.45. The van der Waals surface area contributed by atoms with E-state index in [2.05, 4.69) is 17.5 Å². The number of hydrogen-bond acceptors (Lipinski definition) is 4. The van der Waals surface area contributed by atoms with Crippen molar-refractivity contribution < 1.29 is 9.53 Å². The molecule has 5 nitrogen and oxygen atoms in total. The molecule has 0 aromatic carbocycles. The van der Waals surface area contributed by atoms with Gasteiger partial charge in [-0.1, -0.05) is 18.9 Å². The van der Waals surface area contributed by atoms with Crippen molar-refractivity contribution in [1.82, 2.24) is 9.80 Å². The summed E-state index contributed by atoms with van der Waals surface area (Å²) in [6.45, 7) is 8.77. The summed E-state index contributed by atoms with van der Waals surface area (Å²) in [6, 6.07) is 2.33. The van der Waals surface area contributed by atoms with Crippen LogP contribution in [0, 0.1) is 22.7 Å². The number of likely N-dealkylation sites (tertiary alicyclic amines) is 1. The van der Waals surface area contributed by atoms with Crippen LogP contribution in [-0.2, 0) is 9.53 Å². The van der Waals surface area contributed by atoms with Crippen LogP contribution < -0.4 is 0 Å². The van der Waals surface area contributed by atoms with Crippen molar-refractivity contribution in [3.63, 3.8) is 0 Å². The Kier molecular flexibility index (Phi) is 5.03. The first-order valence-corrected chi connectivity index (χ1v) is 8.84. The zero-order valence-corrected chi connectivity index (χ0v) is 13.9. The van der Waals surface area contributed by atoms with Gasteiger partial charge in [0, 0.05) is 38.6 Å². The number of nitrogens with zero attached hydrogens (tertiary/aromatic N) is 3. The molecule has 0 radical (unpaired) electrons. The Morgan fingerprint density at radius 3 is 2.83 bits per heavy atom. The highest BCUT2D eigenvalue weighted by Gasteiger charge is 2.46. The van der Waals surface area contributed by atoms with Gasteiger partial charge in [-0.3, -0.25) is 9.69 Å². The van der Waals surface area contributed by atoms with Crippen LogP contribution in [0.1, 0.15) is 32.1 Å². The van der Waals surface area contributed by atoms with E-state index >= 15 is 0 Å². The van der Waals surface area contributed by atoms with Crippen molar-refractivity contribution in [2.24, 2.45) is 11.3 Å². The molecule has 3 fully saturated rings. The van der Waals surface area contributed by atoms with Crippen molar-refractivity contribution in [3.05, 3.63) is 12.7 Å². The first kappa shape index (κ1) is 16.5. The number of amides is 1. The molecule has 1 amide bonds. The van der Waals surface area contributed by atoms with Gasteiger partial charge in [0.2, 0.25) is 5.91 Å². The quantitative estimate of drug-likeness (QED) is 0.745. The summed E-state index contributed by atoms with van der Waals surface area (Å²) >= 11 is 0. The maximum absolute atomic E-state index is 12.9. The second kappa shape index (κ2) is 7.02. The fourth-order valence-corrected chi connectivity index (χ4v) is 4.31. The first-order valence-electron chi connectivity index (χ1n) is 8.84. The summed E-state index contributed by atoms with van der Waals surface area (Å²) < 4.78 is 6.04. The minimum atomic E-state index is -0.757. The molecule has 2 heterocycles. The maximum Gasteiger partial charge on any atom is 0.243 e. The van der Waals surface area contributed by atoms with E-state index in [-0.39, 0.29) is 12.0 Å². The van der Waals surface area contributed by atoms with Crippen LogP contribution in [-0.4, -0.2) is 61.1 Å². The molecule has 2 aliphatic heterocycles. The fourth-order valence-electron chi connectivity index (χ4n) is 4.31. The van der Waals surface area contributed by atoms with Crippen molar-refractivity contribution in [2.45, 2.75) is 38.2 Å². The van der Waals surface area contributed by atoms with E-state index in [0.717, 1.165) is 58.3 Å². The topological polar surface area (TPSA) is 56.6 Å². The SMILES string of the molecule is C=CCN1CCOC2CN(C(=O)C3(C#N)CCCC3)CCC2C1. The van der Waals surface area contributed by atoms with E-state index in [1.165, 1.54) is 0 Å². The zero-order chi connectivity index (χ0) is 16.3. The Bertz CT molecular complexity index is 493. The van der Waals surface area contributed by atoms with Crippen LogP contribution in [0.3, 0.4) is 0 Å². The van der Waals surface area contributed by atoms with Crippen molar-refractivity contribution in [2.75, 3.05) is 39.3 Å². The average Bonchev–Trinajstić information content (AvgIpc) is 2.97. The third kappa shape index (κ3) is 3.29. The van der Waals surface area contributed by atoms with Gasteiger partial charge >= 0.3 is 0 Å². The second-order valence-corrected chi connectivity index (χ2v) is 7.16. The minimum Gasteiger partial charge on any atom is -0.375 e. The average molecular weight is 317 g/mol. The Hall–Kier alpha value is -1.38. The van der Waals surface area contributed by atoms with Gasteiger partial charge in [0.1, 0.15) is 5.41 Å². The van der Waals surface area contributed by atoms with E-state index in [1.807, 2.05) is 11.0 Å². The number of carbonyl (C=O) groups excluding carboxylic acids is 1. The van der Waals surface area contributed by atoms with E-state index in [0.29, 0.717) is 19.1 Å². The van der Waals surface area contributed by atoms with Crippen LogP contribution in [0.5, 0.6) is 0 Å². The molecule has 2 saturated heterocycles. The zero-order valence-electron chi connectivity index (χ0n) is 13.9. The molecule has 3 rings (SSSR count). The number of rotatable bonds is 3.